The average Bonchev–Trinajstić information content (AvgIpc) is 3.89. The van der Waals surface area contributed by atoms with Crippen LogP contribution in [0.1, 0.15) is 62.1 Å². The number of carbonyl (C=O) groups is 4. The second kappa shape index (κ2) is 18.3. The van der Waals surface area contributed by atoms with Crippen LogP contribution >= 0.6 is 0 Å². The van der Waals surface area contributed by atoms with E-state index in [1.54, 1.807) is 16.9 Å². The molecule has 3 fully saturated rings. The monoisotopic (exact) mass is 913 g/mol. The lowest BCUT2D eigenvalue weighted by Gasteiger charge is -2.39. The maximum atomic E-state index is 15.7. The molecule has 0 radical (unpaired) electrons. The van der Waals surface area contributed by atoms with Gasteiger partial charge in [0.15, 0.2) is 5.60 Å². The maximum Gasteiger partial charge on any atom is 0.305 e. The highest BCUT2D eigenvalue weighted by molar-refractivity contribution is 6.91. The Morgan fingerprint density at radius 1 is 0.879 bits per heavy atom. The molecule has 14 heteroatoms. The molecule has 3 amide bonds. The van der Waals surface area contributed by atoms with Gasteiger partial charge in [0.05, 0.1) is 59.8 Å². The molecule has 5 atom stereocenters. The third kappa shape index (κ3) is 7.69. The van der Waals surface area contributed by atoms with Crippen molar-refractivity contribution in [3.05, 3.63) is 114 Å². The van der Waals surface area contributed by atoms with E-state index in [0.29, 0.717) is 68.8 Å². The molecular formula is C52H63N5O8Si. The number of esters is 1. The van der Waals surface area contributed by atoms with Gasteiger partial charge >= 0.3 is 5.97 Å². The molecule has 0 saturated carbocycles. The van der Waals surface area contributed by atoms with Crippen molar-refractivity contribution in [2.45, 2.75) is 100 Å². The number of nitrogens with one attached hydrogen (secondary N) is 1. The minimum atomic E-state index is -2.65. The topological polar surface area (TPSA) is 141 Å². The molecule has 348 valence electrons. The second-order valence-corrected chi connectivity index (χ2v) is 24.0. The quantitative estimate of drug-likeness (QED) is 0.0952. The van der Waals surface area contributed by atoms with Crippen molar-refractivity contribution in [1.29, 1.82) is 0 Å². The van der Waals surface area contributed by atoms with Crippen LogP contribution in [0.4, 0.5) is 17.1 Å². The molecule has 9 rings (SSSR count). The molecule has 5 aliphatic heterocycles. The van der Waals surface area contributed by atoms with Gasteiger partial charge in [-0.3, -0.25) is 24.1 Å². The van der Waals surface area contributed by atoms with Crippen LogP contribution in [0.25, 0.3) is 0 Å². The molecule has 5 aliphatic rings. The summed E-state index contributed by atoms with van der Waals surface area (Å²) in [6.07, 6.45) is 2.55. The summed E-state index contributed by atoms with van der Waals surface area (Å²) < 4.78 is 18.0. The van der Waals surface area contributed by atoms with Crippen molar-refractivity contribution in [2.75, 3.05) is 61.8 Å². The molecule has 4 aromatic carbocycles. The van der Waals surface area contributed by atoms with Crippen molar-refractivity contribution in [1.82, 2.24) is 10.2 Å². The Morgan fingerprint density at radius 2 is 1.59 bits per heavy atom. The summed E-state index contributed by atoms with van der Waals surface area (Å²) in [6, 6.07) is 31.8. The van der Waals surface area contributed by atoms with Crippen molar-refractivity contribution < 1.29 is 38.5 Å². The van der Waals surface area contributed by atoms with E-state index in [9.17, 15) is 14.7 Å². The van der Waals surface area contributed by atoms with E-state index >= 15 is 9.59 Å². The first-order valence-electron chi connectivity index (χ1n) is 23.6. The third-order valence-electron chi connectivity index (χ3n) is 15.6. The lowest BCUT2D eigenvalue weighted by atomic mass is 9.82. The number of fused-ring (bicyclic) bond motifs is 3. The summed E-state index contributed by atoms with van der Waals surface area (Å²) in [7, 11) is 0.379. The fourth-order valence-electron chi connectivity index (χ4n) is 12.0. The highest BCUT2D eigenvalue weighted by atomic mass is 28.3. The van der Waals surface area contributed by atoms with E-state index in [1.807, 2.05) is 71.6 Å². The number of carbonyl (C=O) groups excluding carboxylic acids is 4. The number of ether oxygens (including phenoxy) is 3. The van der Waals surface area contributed by atoms with Crippen LogP contribution in [0.3, 0.4) is 0 Å². The van der Waals surface area contributed by atoms with Crippen LogP contribution in [0.15, 0.2) is 97.1 Å². The second-order valence-electron chi connectivity index (χ2n) is 19.3. The van der Waals surface area contributed by atoms with Crippen molar-refractivity contribution in [2.24, 2.45) is 5.92 Å². The summed E-state index contributed by atoms with van der Waals surface area (Å²) >= 11 is 0. The van der Waals surface area contributed by atoms with E-state index in [4.69, 9.17) is 14.2 Å². The van der Waals surface area contributed by atoms with Crippen molar-refractivity contribution >= 4 is 54.0 Å². The summed E-state index contributed by atoms with van der Waals surface area (Å²) in [5.74, 6) is -0.258. The molecule has 0 aliphatic carbocycles. The standard InChI is InChI=1S/C52H63N5O8Si/c1-35-48(66(4,5)42-21-19-41(63-2)20-22-42)45(31-46(59)55-32-37-14-10-9-13-36(37)29-40(55)33-58)65-52(35)43-30-39(18-23-44(43)54(50(52)62)28-12-11-17-47(60)64-3)56-34-57(38-15-7-6-8-16-38)51(49(56)61)24-26-53-27-25-51/h6-10,13-16,18-23,30,35,40,45,48,53,58H,11-12,17,24-29,31-34H2,1-5H3/t35-,40+,45+,48-,52+/m1/s1. The first-order chi connectivity index (χ1) is 31.9. The van der Waals surface area contributed by atoms with Gasteiger partial charge in [0.2, 0.25) is 5.91 Å². The number of rotatable bonds is 13. The van der Waals surface area contributed by atoms with Crippen molar-refractivity contribution in [3.63, 3.8) is 0 Å². The maximum absolute atomic E-state index is 15.7. The van der Waals surface area contributed by atoms with E-state index in [2.05, 4.69) is 60.6 Å². The average molecular weight is 914 g/mol. The number of benzene rings is 4. The third-order valence-corrected chi connectivity index (χ3v) is 19.9. The smallest absolute Gasteiger partial charge is 0.305 e. The number of hydrogen-bond donors (Lipinski definition) is 2. The number of nitrogens with zero attached hydrogens (tertiary/aromatic N) is 4. The zero-order valence-corrected chi connectivity index (χ0v) is 39.8. The molecule has 4 aromatic rings. The molecule has 0 aromatic heterocycles. The molecular weight excluding hydrogens is 851 g/mol. The number of methoxy groups -OCH3 is 2. The number of unbranched alkanes of at least 4 members (excludes halogenated alkanes) is 1. The number of amides is 3. The van der Waals surface area contributed by atoms with Gasteiger partial charge in [-0.1, -0.05) is 79.8 Å². The Labute approximate surface area is 389 Å². The SMILES string of the molecule is COC(=O)CCCCN1C(=O)[C@@]2(O[C@@H](CC(=O)N3Cc4ccccc4C[C@H]3CO)[C@H]([Si](C)(C)c3ccc(OC)cc3)[C@H]2C)c2cc(N3CN(c4ccccc4)C4(CCNCC4)C3=O)ccc21. The van der Waals surface area contributed by atoms with Crippen LogP contribution in [-0.2, 0) is 47.2 Å². The molecule has 2 N–H and O–H groups in total. The summed E-state index contributed by atoms with van der Waals surface area (Å²) in [4.78, 5) is 65.5. The van der Waals surface area contributed by atoms with Crippen LogP contribution in [0, 0.1) is 5.92 Å². The van der Waals surface area contributed by atoms with Gasteiger partial charge in [0.25, 0.3) is 11.8 Å². The Morgan fingerprint density at radius 3 is 2.29 bits per heavy atom. The number of piperidine rings is 1. The minimum Gasteiger partial charge on any atom is -0.497 e. The zero-order valence-electron chi connectivity index (χ0n) is 38.8. The van der Waals surface area contributed by atoms with Gasteiger partial charge in [-0.05, 0) is 104 Å². The Bertz CT molecular complexity index is 2460. The summed E-state index contributed by atoms with van der Waals surface area (Å²) in [6.45, 7) is 9.04. The molecule has 0 unspecified atom stereocenters. The van der Waals surface area contributed by atoms with Gasteiger partial charge in [-0.2, -0.15) is 0 Å². The predicted octanol–water partition coefficient (Wildman–Crippen LogP) is 5.87. The minimum absolute atomic E-state index is 0.0244. The van der Waals surface area contributed by atoms with Gasteiger partial charge in [-0.25, -0.2) is 0 Å². The summed E-state index contributed by atoms with van der Waals surface area (Å²) in [5, 5.41) is 15.2. The fraction of sp³-hybridized carbons (Fsp3) is 0.462. The molecule has 2 spiro atoms. The fourth-order valence-corrected chi connectivity index (χ4v) is 16.0. The Hall–Kier alpha value is -5.54. The van der Waals surface area contributed by atoms with E-state index < -0.39 is 31.2 Å². The van der Waals surface area contributed by atoms with E-state index in [1.165, 1.54) is 7.11 Å². The normalized spacial score (nSPS) is 24.6. The molecule has 5 heterocycles. The first-order valence-corrected chi connectivity index (χ1v) is 26.6. The van der Waals surface area contributed by atoms with Gasteiger partial charge in [-0.15, -0.1) is 0 Å². The Kier molecular flexibility index (Phi) is 12.6. The predicted molar refractivity (Wildman–Crippen MR) is 257 cm³/mol. The number of hydrogen-bond acceptors (Lipinski definition) is 10. The largest absolute Gasteiger partial charge is 0.497 e. The highest BCUT2D eigenvalue weighted by Crippen LogP contribution is 2.61. The van der Waals surface area contributed by atoms with Gasteiger partial charge in [0.1, 0.15) is 11.3 Å². The molecule has 3 saturated heterocycles. The van der Waals surface area contributed by atoms with Crippen LogP contribution in [0.2, 0.25) is 18.6 Å². The lowest BCUT2D eigenvalue weighted by Crippen LogP contribution is -2.55. The first kappa shape index (κ1) is 45.6. The van der Waals surface area contributed by atoms with Crippen LogP contribution < -0.4 is 29.9 Å². The molecule has 0 bridgehead atoms. The van der Waals surface area contributed by atoms with Crippen LogP contribution in [0.5, 0.6) is 5.75 Å². The number of aliphatic hydroxyl groups is 1. The van der Waals surface area contributed by atoms with Crippen molar-refractivity contribution in [3.8, 4) is 5.75 Å². The van der Waals surface area contributed by atoms with E-state index in [0.717, 1.165) is 40.8 Å². The van der Waals surface area contributed by atoms with Gasteiger partial charge < -0.3 is 39.3 Å². The van der Waals surface area contributed by atoms with Gasteiger partial charge in [0, 0.05) is 42.4 Å². The highest BCUT2D eigenvalue weighted by Gasteiger charge is 2.67. The van der Waals surface area contributed by atoms with Crippen LogP contribution in [-0.4, -0.2) is 107 Å². The number of aliphatic hydroxyl groups excluding tert-OH is 1. The van der Waals surface area contributed by atoms with E-state index in [-0.39, 0.29) is 54.7 Å². The molecule has 13 nitrogen and oxygen atoms in total. The Balaban J connectivity index is 1.14. The molecule has 66 heavy (non-hydrogen) atoms. The zero-order chi connectivity index (χ0) is 46.4. The lowest BCUT2D eigenvalue weighted by molar-refractivity contribution is -0.151. The number of para-hydroxylation sites is 1. The number of anilines is 3. The summed E-state index contributed by atoms with van der Waals surface area (Å²) in [5.41, 5.74) is 2.81.